The molecule has 0 saturated carbocycles. The van der Waals surface area contributed by atoms with E-state index in [1.807, 2.05) is 45.0 Å². The Bertz CT molecular complexity index is 292. The van der Waals surface area contributed by atoms with Crippen LogP contribution in [0.5, 0.6) is 0 Å². The van der Waals surface area contributed by atoms with Crippen molar-refractivity contribution in [1.29, 1.82) is 0 Å². The summed E-state index contributed by atoms with van der Waals surface area (Å²) in [5.41, 5.74) is 2.05. The normalized spacial score (nSPS) is 17.1. The molecule has 1 aromatic carbocycles. The summed E-state index contributed by atoms with van der Waals surface area (Å²) in [6, 6.07) is 7.78. The lowest BCUT2D eigenvalue weighted by Crippen LogP contribution is -2.23. The van der Waals surface area contributed by atoms with Gasteiger partial charge in [-0.15, -0.1) is 0 Å². The van der Waals surface area contributed by atoms with Gasteiger partial charge in [0.25, 0.3) is 0 Å². The molecule has 0 aromatic heterocycles. The molecule has 2 nitrogen and oxygen atoms in total. The van der Waals surface area contributed by atoms with Crippen LogP contribution < -0.4 is 0 Å². The summed E-state index contributed by atoms with van der Waals surface area (Å²) in [5.74, 6) is -0.127. The monoisotopic (exact) mass is 208 g/mol. The van der Waals surface area contributed by atoms with Gasteiger partial charge in [-0.1, -0.05) is 43.7 Å². The highest BCUT2D eigenvalue weighted by Gasteiger charge is 2.22. The van der Waals surface area contributed by atoms with E-state index in [4.69, 9.17) is 0 Å². The van der Waals surface area contributed by atoms with Crippen molar-refractivity contribution in [2.24, 2.45) is 5.92 Å². The van der Waals surface area contributed by atoms with Crippen molar-refractivity contribution in [3.63, 3.8) is 0 Å². The zero-order valence-corrected chi connectivity index (χ0v) is 9.64. The van der Waals surface area contributed by atoms with Gasteiger partial charge in [-0.3, -0.25) is 0 Å². The summed E-state index contributed by atoms with van der Waals surface area (Å²) in [6.07, 6.45) is -0.355. The summed E-state index contributed by atoms with van der Waals surface area (Å²) < 4.78 is 0. The van der Waals surface area contributed by atoms with E-state index in [0.717, 1.165) is 5.56 Å². The molecular weight excluding hydrogens is 188 g/mol. The Morgan fingerprint density at radius 1 is 1.13 bits per heavy atom. The minimum Gasteiger partial charge on any atom is -0.393 e. The topological polar surface area (TPSA) is 40.5 Å². The third kappa shape index (κ3) is 3.05. The first-order valence-electron chi connectivity index (χ1n) is 5.49. The van der Waals surface area contributed by atoms with E-state index in [1.54, 1.807) is 0 Å². The second-order valence-electron chi connectivity index (χ2n) is 4.19. The molecule has 15 heavy (non-hydrogen) atoms. The smallest absolute Gasteiger partial charge is 0.0840 e. The van der Waals surface area contributed by atoms with Gasteiger partial charge in [0.15, 0.2) is 0 Å². The van der Waals surface area contributed by atoms with Crippen molar-refractivity contribution in [3.05, 3.63) is 35.4 Å². The molecule has 0 bridgehead atoms. The molecule has 1 rings (SSSR count). The molecule has 0 amide bonds. The van der Waals surface area contributed by atoms with E-state index < -0.39 is 12.2 Å². The van der Waals surface area contributed by atoms with E-state index in [1.165, 1.54) is 5.56 Å². The molecule has 0 aliphatic rings. The highest BCUT2D eigenvalue weighted by Crippen LogP contribution is 2.25. The Kier molecular flexibility index (Phi) is 4.30. The fourth-order valence-electron chi connectivity index (χ4n) is 1.65. The van der Waals surface area contributed by atoms with Crippen LogP contribution in [0.3, 0.4) is 0 Å². The average Bonchev–Trinajstić information content (AvgIpc) is 2.27. The summed E-state index contributed by atoms with van der Waals surface area (Å²) >= 11 is 0. The van der Waals surface area contributed by atoms with Gasteiger partial charge in [-0.2, -0.15) is 0 Å². The third-order valence-electron chi connectivity index (χ3n) is 2.94. The lowest BCUT2D eigenvalue weighted by molar-refractivity contribution is 0.0192. The molecule has 2 heteroatoms. The fourth-order valence-corrected chi connectivity index (χ4v) is 1.65. The number of aliphatic hydroxyl groups is 2. The molecule has 3 atom stereocenters. The lowest BCUT2D eigenvalue weighted by atomic mass is 9.91. The van der Waals surface area contributed by atoms with Crippen molar-refractivity contribution >= 4 is 0 Å². The standard InChI is InChI=1S/C13H20O2/c1-4-12(14)10(3)13(15)11-7-5-9(2)6-8-11/h5-8,10,12-15H,4H2,1-3H3/t10-,12+,13-/m1/s1. The maximum atomic E-state index is 10.0. The van der Waals surface area contributed by atoms with E-state index in [-0.39, 0.29) is 5.92 Å². The van der Waals surface area contributed by atoms with Crippen molar-refractivity contribution in [3.8, 4) is 0 Å². The molecule has 0 aliphatic heterocycles. The zero-order chi connectivity index (χ0) is 11.4. The van der Waals surface area contributed by atoms with Crippen LogP contribution in [0, 0.1) is 12.8 Å². The van der Waals surface area contributed by atoms with Gasteiger partial charge in [0.1, 0.15) is 0 Å². The Morgan fingerprint density at radius 2 is 1.67 bits per heavy atom. The minimum atomic E-state index is -0.583. The number of hydrogen-bond acceptors (Lipinski definition) is 2. The van der Waals surface area contributed by atoms with Gasteiger partial charge in [-0.05, 0) is 18.9 Å². The maximum Gasteiger partial charge on any atom is 0.0840 e. The molecule has 0 radical (unpaired) electrons. The quantitative estimate of drug-likeness (QED) is 0.798. The van der Waals surface area contributed by atoms with Gasteiger partial charge in [-0.25, -0.2) is 0 Å². The van der Waals surface area contributed by atoms with Crippen molar-refractivity contribution in [1.82, 2.24) is 0 Å². The Labute approximate surface area is 91.6 Å². The first-order valence-corrected chi connectivity index (χ1v) is 5.49. The molecule has 0 unspecified atom stereocenters. The lowest BCUT2D eigenvalue weighted by Gasteiger charge is -2.23. The van der Waals surface area contributed by atoms with Crippen LogP contribution in [-0.4, -0.2) is 16.3 Å². The number of hydrogen-bond donors (Lipinski definition) is 2. The fraction of sp³-hybridized carbons (Fsp3) is 0.538. The molecule has 1 aromatic rings. The van der Waals surface area contributed by atoms with Crippen molar-refractivity contribution < 1.29 is 10.2 Å². The number of benzene rings is 1. The van der Waals surface area contributed by atoms with Crippen LogP contribution in [-0.2, 0) is 0 Å². The molecule has 0 aliphatic carbocycles. The van der Waals surface area contributed by atoms with Gasteiger partial charge in [0.2, 0.25) is 0 Å². The SMILES string of the molecule is CC[C@H](O)[C@@H](C)[C@@H](O)c1ccc(C)cc1. The average molecular weight is 208 g/mol. The highest BCUT2D eigenvalue weighted by molar-refractivity contribution is 5.23. The van der Waals surface area contributed by atoms with Gasteiger partial charge in [0.05, 0.1) is 12.2 Å². The van der Waals surface area contributed by atoms with Gasteiger partial charge in [0, 0.05) is 5.92 Å². The second kappa shape index (κ2) is 5.29. The van der Waals surface area contributed by atoms with Crippen LogP contribution in [0.15, 0.2) is 24.3 Å². The summed E-state index contributed by atoms with van der Waals surface area (Å²) in [4.78, 5) is 0. The van der Waals surface area contributed by atoms with Crippen molar-refractivity contribution in [2.75, 3.05) is 0 Å². The van der Waals surface area contributed by atoms with Crippen LogP contribution >= 0.6 is 0 Å². The predicted octanol–water partition coefficient (Wildman–Crippen LogP) is 2.44. The summed E-state index contributed by atoms with van der Waals surface area (Å²) in [7, 11) is 0. The number of aliphatic hydroxyl groups excluding tert-OH is 2. The molecule has 0 spiro atoms. The Morgan fingerprint density at radius 3 is 2.13 bits per heavy atom. The van der Waals surface area contributed by atoms with Gasteiger partial charge >= 0.3 is 0 Å². The van der Waals surface area contributed by atoms with E-state index in [2.05, 4.69) is 0 Å². The van der Waals surface area contributed by atoms with Gasteiger partial charge < -0.3 is 10.2 Å². The predicted molar refractivity (Wildman–Crippen MR) is 61.6 cm³/mol. The molecule has 0 fully saturated rings. The minimum absolute atomic E-state index is 0.127. The second-order valence-corrected chi connectivity index (χ2v) is 4.19. The molecule has 0 saturated heterocycles. The van der Waals surface area contributed by atoms with Crippen LogP contribution in [0.1, 0.15) is 37.5 Å². The van der Waals surface area contributed by atoms with E-state index in [0.29, 0.717) is 6.42 Å². The third-order valence-corrected chi connectivity index (χ3v) is 2.94. The van der Waals surface area contributed by atoms with E-state index in [9.17, 15) is 10.2 Å². The van der Waals surface area contributed by atoms with Crippen molar-refractivity contribution in [2.45, 2.75) is 39.4 Å². The zero-order valence-electron chi connectivity index (χ0n) is 9.64. The maximum absolute atomic E-state index is 10.0. The van der Waals surface area contributed by atoms with Crippen LogP contribution in [0.4, 0.5) is 0 Å². The summed E-state index contributed by atoms with van der Waals surface area (Å²) in [6.45, 7) is 5.81. The molecule has 84 valence electrons. The first kappa shape index (κ1) is 12.2. The molecule has 2 N–H and O–H groups in total. The Hall–Kier alpha value is -0.860. The van der Waals surface area contributed by atoms with E-state index >= 15 is 0 Å². The van der Waals surface area contributed by atoms with Crippen LogP contribution in [0.25, 0.3) is 0 Å². The summed E-state index contributed by atoms with van der Waals surface area (Å²) in [5, 5.41) is 19.7. The molecule has 0 heterocycles. The number of rotatable bonds is 4. The van der Waals surface area contributed by atoms with Crippen LogP contribution in [0.2, 0.25) is 0 Å². The largest absolute Gasteiger partial charge is 0.393 e. The number of aryl methyl sites for hydroxylation is 1. The first-order chi connectivity index (χ1) is 7.06. The Balaban J connectivity index is 2.75. The highest BCUT2D eigenvalue weighted by atomic mass is 16.3. The molecular formula is C13H20O2.